The largest absolute Gasteiger partial charge is 0.360 e. The van der Waals surface area contributed by atoms with Crippen LogP contribution in [-0.2, 0) is 6.54 Å². The quantitative estimate of drug-likeness (QED) is 0.844. The Balaban J connectivity index is 1.34. The summed E-state index contributed by atoms with van der Waals surface area (Å²) in [6.45, 7) is 12.5. The van der Waals surface area contributed by atoms with Gasteiger partial charge in [0.05, 0.1) is 12.2 Å². The Morgan fingerprint density at radius 2 is 2.08 bits per heavy atom. The molecule has 1 aromatic rings. The molecule has 1 atom stereocenters. The lowest BCUT2D eigenvalue weighted by molar-refractivity contribution is 0.127. The first-order chi connectivity index (χ1) is 12.1. The van der Waals surface area contributed by atoms with Crippen LogP contribution in [-0.4, -0.2) is 78.2 Å². The summed E-state index contributed by atoms with van der Waals surface area (Å²) in [6.07, 6.45) is 2.40. The van der Waals surface area contributed by atoms with Gasteiger partial charge in [0.1, 0.15) is 0 Å². The third kappa shape index (κ3) is 5.19. The van der Waals surface area contributed by atoms with Gasteiger partial charge in [0.15, 0.2) is 5.76 Å². The van der Waals surface area contributed by atoms with Gasteiger partial charge in [0.25, 0.3) is 0 Å². The van der Waals surface area contributed by atoms with E-state index in [1.807, 2.05) is 17.9 Å². The van der Waals surface area contributed by atoms with Gasteiger partial charge in [0, 0.05) is 45.3 Å². The Kier molecular flexibility index (Phi) is 6.31. The highest BCUT2D eigenvalue weighted by molar-refractivity contribution is 5.74. The van der Waals surface area contributed by atoms with Gasteiger partial charge in [-0.25, -0.2) is 4.79 Å². The standard InChI is InChI=1S/C18H31N5O2/c1-3-5-21-6-4-16(13-21)12-19-18(24)23-9-7-22(8-10-23)14-17-11-15(2)20-25-17/h11,16H,3-10,12-14H2,1-2H3,(H,19,24). The lowest BCUT2D eigenvalue weighted by Crippen LogP contribution is -2.52. The molecule has 0 bridgehead atoms. The summed E-state index contributed by atoms with van der Waals surface area (Å²) in [5.74, 6) is 1.50. The Morgan fingerprint density at radius 1 is 1.28 bits per heavy atom. The Morgan fingerprint density at radius 3 is 2.76 bits per heavy atom. The van der Waals surface area contributed by atoms with E-state index < -0.39 is 0 Å². The minimum atomic E-state index is 0.0871. The number of nitrogens with one attached hydrogen (secondary N) is 1. The van der Waals surface area contributed by atoms with E-state index in [1.165, 1.54) is 25.9 Å². The number of carbonyl (C=O) groups excluding carboxylic acids is 1. The number of aryl methyl sites for hydroxylation is 1. The van der Waals surface area contributed by atoms with Crippen molar-refractivity contribution >= 4 is 6.03 Å². The molecular formula is C18H31N5O2. The second-order valence-electron chi connectivity index (χ2n) is 7.34. The molecule has 2 saturated heterocycles. The van der Waals surface area contributed by atoms with Crippen LogP contribution in [0.3, 0.4) is 0 Å². The van der Waals surface area contributed by atoms with Gasteiger partial charge >= 0.3 is 6.03 Å². The van der Waals surface area contributed by atoms with E-state index in [1.54, 1.807) is 0 Å². The van der Waals surface area contributed by atoms with E-state index in [0.29, 0.717) is 5.92 Å². The third-order valence-corrected chi connectivity index (χ3v) is 5.17. The molecule has 7 nitrogen and oxygen atoms in total. The summed E-state index contributed by atoms with van der Waals surface area (Å²) in [5, 5.41) is 7.06. The fraction of sp³-hybridized carbons (Fsp3) is 0.778. The van der Waals surface area contributed by atoms with Crippen LogP contribution in [0.2, 0.25) is 0 Å². The van der Waals surface area contributed by atoms with Gasteiger partial charge in [-0.2, -0.15) is 0 Å². The second kappa shape index (κ2) is 8.67. The van der Waals surface area contributed by atoms with Gasteiger partial charge in [-0.3, -0.25) is 4.90 Å². The van der Waals surface area contributed by atoms with Crippen LogP contribution in [0.4, 0.5) is 4.79 Å². The maximum atomic E-state index is 12.4. The zero-order chi connectivity index (χ0) is 17.6. The van der Waals surface area contributed by atoms with E-state index >= 15 is 0 Å². The summed E-state index contributed by atoms with van der Waals surface area (Å²) in [6, 6.07) is 2.06. The van der Waals surface area contributed by atoms with Crippen molar-refractivity contribution < 1.29 is 9.32 Å². The van der Waals surface area contributed by atoms with Crippen molar-refractivity contribution in [3.05, 3.63) is 17.5 Å². The molecule has 0 saturated carbocycles. The number of urea groups is 1. The fourth-order valence-corrected chi connectivity index (χ4v) is 3.76. The molecule has 0 aliphatic carbocycles. The molecule has 25 heavy (non-hydrogen) atoms. The van der Waals surface area contributed by atoms with E-state index in [0.717, 1.165) is 57.3 Å². The Bertz CT molecular complexity index is 553. The molecule has 1 unspecified atom stereocenters. The third-order valence-electron chi connectivity index (χ3n) is 5.17. The van der Waals surface area contributed by atoms with Crippen molar-refractivity contribution in [3.8, 4) is 0 Å². The molecule has 1 aromatic heterocycles. The van der Waals surface area contributed by atoms with Crippen molar-refractivity contribution in [1.82, 2.24) is 25.2 Å². The number of hydrogen-bond donors (Lipinski definition) is 1. The average molecular weight is 349 g/mol. The molecule has 0 aromatic carbocycles. The predicted molar refractivity (Wildman–Crippen MR) is 96.3 cm³/mol. The van der Waals surface area contributed by atoms with Gasteiger partial charge < -0.3 is 19.6 Å². The number of rotatable bonds is 6. The Hall–Kier alpha value is -1.60. The normalized spacial score (nSPS) is 22.5. The number of nitrogens with zero attached hydrogens (tertiary/aromatic N) is 4. The second-order valence-corrected chi connectivity index (χ2v) is 7.34. The van der Waals surface area contributed by atoms with Crippen molar-refractivity contribution in [2.45, 2.75) is 33.2 Å². The molecule has 1 N–H and O–H groups in total. The zero-order valence-electron chi connectivity index (χ0n) is 15.5. The Labute approximate surface area is 150 Å². The molecule has 7 heteroatoms. The molecule has 2 fully saturated rings. The fourth-order valence-electron chi connectivity index (χ4n) is 3.76. The van der Waals surface area contributed by atoms with Crippen molar-refractivity contribution in [2.24, 2.45) is 5.92 Å². The summed E-state index contributed by atoms with van der Waals surface area (Å²) in [5.41, 5.74) is 0.914. The topological polar surface area (TPSA) is 64.9 Å². The van der Waals surface area contributed by atoms with E-state index in [9.17, 15) is 4.79 Å². The van der Waals surface area contributed by atoms with Crippen LogP contribution in [0, 0.1) is 12.8 Å². The van der Waals surface area contributed by atoms with E-state index in [-0.39, 0.29) is 6.03 Å². The molecule has 2 aliphatic heterocycles. The first-order valence-corrected chi connectivity index (χ1v) is 9.53. The number of amides is 2. The maximum Gasteiger partial charge on any atom is 0.317 e. The van der Waals surface area contributed by atoms with Crippen LogP contribution >= 0.6 is 0 Å². The molecule has 0 radical (unpaired) electrons. The average Bonchev–Trinajstić information content (AvgIpc) is 3.23. The monoisotopic (exact) mass is 349 g/mol. The number of aromatic nitrogens is 1. The van der Waals surface area contributed by atoms with E-state index in [4.69, 9.17) is 4.52 Å². The molecule has 2 aliphatic rings. The van der Waals surface area contributed by atoms with Gasteiger partial charge in [-0.15, -0.1) is 0 Å². The number of hydrogen-bond acceptors (Lipinski definition) is 5. The maximum absolute atomic E-state index is 12.4. The van der Waals surface area contributed by atoms with Crippen LogP contribution in [0.1, 0.15) is 31.2 Å². The lowest BCUT2D eigenvalue weighted by Gasteiger charge is -2.34. The highest BCUT2D eigenvalue weighted by Gasteiger charge is 2.25. The van der Waals surface area contributed by atoms with Crippen LogP contribution in [0.15, 0.2) is 10.6 Å². The molecule has 2 amide bonds. The number of likely N-dealkylation sites (tertiary alicyclic amines) is 1. The van der Waals surface area contributed by atoms with Crippen LogP contribution < -0.4 is 5.32 Å². The first kappa shape index (κ1) is 18.2. The lowest BCUT2D eigenvalue weighted by atomic mass is 10.1. The number of piperazine rings is 1. The minimum Gasteiger partial charge on any atom is -0.360 e. The smallest absolute Gasteiger partial charge is 0.317 e. The highest BCUT2D eigenvalue weighted by Crippen LogP contribution is 2.15. The van der Waals surface area contributed by atoms with Crippen molar-refractivity contribution in [1.29, 1.82) is 0 Å². The van der Waals surface area contributed by atoms with Gasteiger partial charge in [-0.1, -0.05) is 12.1 Å². The summed E-state index contributed by atoms with van der Waals surface area (Å²) >= 11 is 0. The number of carbonyl (C=O) groups is 1. The SMILES string of the molecule is CCCN1CCC(CNC(=O)N2CCN(Cc3cc(C)no3)CC2)C1. The minimum absolute atomic E-state index is 0.0871. The van der Waals surface area contributed by atoms with Crippen molar-refractivity contribution in [2.75, 3.05) is 52.4 Å². The van der Waals surface area contributed by atoms with Crippen LogP contribution in [0.5, 0.6) is 0 Å². The molecular weight excluding hydrogens is 318 g/mol. The summed E-state index contributed by atoms with van der Waals surface area (Å²) in [4.78, 5) is 19.1. The van der Waals surface area contributed by atoms with Crippen molar-refractivity contribution in [3.63, 3.8) is 0 Å². The highest BCUT2D eigenvalue weighted by atomic mass is 16.5. The summed E-state index contributed by atoms with van der Waals surface area (Å²) < 4.78 is 5.27. The summed E-state index contributed by atoms with van der Waals surface area (Å²) in [7, 11) is 0. The van der Waals surface area contributed by atoms with Crippen LogP contribution in [0.25, 0.3) is 0 Å². The molecule has 140 valence electrons. The molecule has 0 spiro atoms. The first-order valence-electron chi connectivity index (χ1n) is 9.53. The molecule has 3 heterocycles. The zero-order valence-corrected chi connectivity index (χ0v) is 15.5. The molecule has 3 rings (SSSR count). The van der Waals surface area contributed by atoms with Gasteiger partial charge in [0.2, 0.25) is 0 Å². The predicted octanol–water partition coefficient (Wildman–Crippen LogP) is 1.54. The van der Waals surface area contributed by atoms with E-state index in [2.05, 4.69) is 27.2 Å². The van der Waals surface area contributed by atoms with Gasteiger partial charge in [-0.05, 0) is 38.8 Å².